The second-order valence-electron chi connectivity index (χ2n) is 2.24. The minimum absolute atomic E-state index is 0.0366. The zero-order chi connectivity index (χ0) is 8.55. The van der Waals surface area contributed by atoms with Crippen LogP contribution in [0.3, 0.4) is 0 Å². The van der Waals surface area contributed by atoms with Crippen molar-refractivity contribution >= 4 is 33.8 Å². The average molecular weight is 196 g/mol. The molecule has 0 aromatic carbocycles. The third kappa shape index (κ3) is 1.17. The van der Waals surface area contributed by atoms with Crippen LogP contribution in [0.15, 0.2) is 34.1 Å². The summed E-state index contributed by atoms with van der Waals surface area (Å²) in [7, 11) is 0. The van der Waals surface area contributed by atoms with Crippen LogP contribution in [-0.4, -0.2) is 10.2 Å². The number of allylic oxidation sites excluding steroid dienone is 2. The molecule has 0 fully saturated rings. The summed E-state index contributed by atoms with van der Waals surface area (Å²) < 4.78 is 0. The van der Waals surface area contributed by atoms with Crippen LogP contribution < -0.4 is 0 Å². The van der Waals surface area contributed by atoms with Gasteiger partial charge in [0.25, 0.3) is 0 Å². The van der Waals surface area contributed by atoms with E-state index < -0.39 is 0 Å². The topological polar surface area (TPSA) is 34.1 Å². The van der Waals surface area contributed by atoms with Gasteiger partial charge in [-0.1, -0.05) is 23.5 Å². The van der Waals surface area contributed by atoms with Crippen molar-refractivity contribution in [3.63, 3.8) is 0 Å². The van der Waals surface area contributed by atoms with Gasteiger partial charge in [-0.3, -0.25) is 9.59 Å². The van der Waals surface area contributed by atoms with Crippen LogP contribution in [0.25, 0.3) is 0 Å². The van der Waals surface area contributed by atoms with Gasteiger partial charge in [-0.2, -0.15) is 0 Å². The predicted octanol–water partition coefficient (Wildman–Crippen LogP) is 1.86. The molecule has 0 aromatic heterocycles. The number of rotatable bonds is 0. The van der Waals surface area contributed by atoms with Crippen molar-refractivity contribution in [2.75, 3.05) is 0 Å². The first-order valence-corrected chi connectivity index (χ1v) is 5.04. The van der Waals surface area contributed by atoms with Gasteiger partial charge in [0.05, 0.1) is 0 Å². The molecule has 0 atom stereocenters. The lowest BCUT2D eigenvalue weighted by atomic mass is 10.1. The third-order valence-electron chi connectivity index (χ3n) is 1.55. The van der Waals surface area contributed by atoms with E-state index in [0.29, 0.717) is 11.1 Å². The van der Waals surface area contributed by atoms with Crippen molar-refractivity contribution < 1.29 is 9.59 Å². The van der Waals surface area contributed by atoms with Crippen LogP contribution in [0.1, 0.15) is 0 Å². The Hall–Kier alpha value is -0.740. The first-order chi connectivity index (χ1) is 5.79. The molecule has 0 radical (unpaired) electrons. The third-order valence-corrected chi connectivity index (χ3v) is 2.96. The highest BCUT2D eigenvalue weighted by atomic mass is 32.2. The van der Waals surface area contributed by atoms with Crippen LogP contribution in [-0.2, 0) is 9.59 Å². The molecular weight excluding hydrogens is 192 g/mol. The molecule has 0 bridgehead atoms. The normalized spacial score (nSPS) is 27.7. The SMILES string of the molecule is O=C1SC=C/C1=C1/C=CSC1=O. The molecule has 12 heavy (non-hydrogen) atoms. The van der Waals surface area contributed by atoms with Gasteiger partial charge in [0, 0.05) is 11.1 Å². The summed E-state index contributed by atoms with van der Waals surface area (Å²) >= 11 is 2.24. The van der Waals surface area contributed by atoms with Gasteiger partial charge in [0.15, 0.2) is 0 Å². The Morgan fingerprint density at radius 2 is 1.25 bits per heavy atom. The Labute approximate surface area is 77.8 Å². The molecule has 0 aliphatic carbocycles. The van der Waals surface area contributed by atoms with Crippen molar-refractivity contribution in [3.8, 4) is 0 Å². The van der Waals surface area contributed by atoms with Crippen molar-refractivity contribution in [1.82, 2.24) is 0 Å². The van der Waals surface area contributed by atoms with E-state index in [-0.39, 0.29) is 10.2 Å². The van der Waals surface area contributed by atoms with Gasteiger partial charge in [0.2, 0.25) is 10.2 Å². The maximum Gasteiger partial charge on any atom is 0.224 e. The van der Waals surface area contributed by atoms with Crippen LogP contribution in [0.2, 0.25) is 0 Å². The Bertz CT molecular complexity index is 316. The summed E-state index contributed by atoms with van der Waals surface area (Å²) in [4.78, 5) is 22.3. The van der Waals surface area contributed by atoms with Gasteiger partial charge in [0.1, 0.15) is 0 Å². The Morgan fingerprint density at radius 3 is 1.50 bits per heavy atom. The van der Waals surface area contributed by atoms with E-state index in [1.54, 1.807) is 23.0 Å². The second kappa shape index (κ2) is 2.95. The number of carbonyl (C=O) groups is 2. The van der Waals surface area contributed by atoms with Gasteiger partial charge in [-0.25, -0.2) is 0 Å². The van der Waals surface area contributed by atoms with Crippen LogP contribution in [0, 0.1) is 0 Å². The van der Waals surface area contributed by atoms with Crippen LogP contribution in [0.4, 0.5) is 0 Å². The zero-order valence-corrected chi connectivity index (χ0v) is 7.58. The fourth-order valence-corrected chi connectivity index (χ4v) is 2.26. The molecule has 2 rings (SSSR count). The van der Waals surface area contributed by atoms with Gasteiger partial charge in [-0.15, -0.1) is 0 Å². The Morgan fingerprint density at radius 1 is 0.833 bits per heavy atom. The molecule has 60 valence electrons. The molecule has 0 aromatic rings. The van der Waals surface area contributed by atoms with E-state index in [1.807, 2.05) is 0 Å². The van der Waals surface area contributed by atoms with E-state index in [4.69, 9.17) is 0 Å². The molecule has 2 aliphatic heterocycles. The monoisotopic (exact) mass is 196 g/mol. The van der Waals surface area contributed by atoms with Gasteiger partial charge >= 0.3 is 0 Å². The molecule has 2 nitrogen and oxygen atoms in total. The summed E-state index contributed by atoms with van der Waals surface area (Å²) in [6.07, 6.45) is 3.38. The van der Waals surface area contributed by atoms with Crippen molar-refractivity contribution in [3.05, 3.63) is 34.1 Å². The molecule has 4 heteroatoms. The first kappa shape index (κ1) is 7.89. The van der Waals surface area contributed by atoms with E-state index in [1.165, 1.54) is 0 Å². The van der Waals surface area contributed by atoms with Crippen molar-refractivity contribution in [1.29, 1.82) is 0 Å². The summed E-state index contributed by atoms with van der Waals surface area (Å²) in [5.74, 6) is 0. The molecule has 0 amide bonds. The quantitative estimate of drug-likeness (QED) is 0.554. The summed E-state index contributed by atoms with van der Waals surface area (Å²) in [6, 6.07) is 0. The molecule has 2 heterocycles. The van der Waals surface area contributed by atoms with Crippen molar-refractivity contribution in [2.45, 2.75) is 0 Å². The number of carbonyl (C=O) groups excluding carboxylic acids is 2. The number of hydrogen-bond acceptors (Lipinski definition) is 4. The molecule has 0 N–H and O–H groups in total. The number of hydrogen-bond donors (Lipinski definition) is 0. The van der Waals surface area contributed by atoms with E-state index in [0.717, 1.165) is 23.5 Å². The summed E-state index contributed by atoms with van der Waals surface area (Å²) in [5, 5.41) is 3.33. The molecule has 2 aliphatic rings. The van der Waals surface area contributed by atoms with Crippen LogP contribution >= 0.6 is 23.5 Å². The lowest BCUT2D eigenvalue weighted by Gasteiger charge is -1.94. The van der Waals surface area contributed by atoms with Crippen molar-refractivity contribution in [2.24, 2.45) is 0 Å². The molecule has 0 unspecified atom stereocenters. The highest BCUT2D eigenvalue weighted by molar-refractivity contribution is 8.17. The fourth-order valence-electron chi connectivity index (χ4n) is 0.990. The van der Waals surface area contributed by atoms with E-state index in [9.17, 15) is 9.59 Å². The fraction of sp³-hybridized carbons (Fsp3) is 0. The summed E-state index contributed by atoms with van der Waals surface area (Å²) in [6.45, 7) is 0. The molecule has 0 saturated carbocycles. The molecular formula is C8H4O2S2. The van der Waals surface area contributed by atoms with Crippen LogP contribution in [0.5, 0.6) is 0 Å². The van der Waals surface area contributed by atoms with E-state index >= 15 is 0 Å². The Balaban J connectivity index is 2.48. The van der Waals surface area contributed by atoms with Gasteiger partial charge < -0.3 is 0 Å². The lowest BCUT2D eigenvalue weighted by molar-refractivity contribution is -0.109. The maximum absolute atomic E-state index is 11.2. The maximum atomic E-state index is 11.2. The predicted molar refractivity (Wildman–Crippen MR) is 50.5 cm³/mol. The largest absolute Gasteiger partial charge is 0.281 e. The Kier molecular flexibility index (Phi) is 1.94. The highest BCUT2D eigenvalue weighted by Gasteiger charge is 2.22. The van der Waals surface area contributed by atoms with Gasteiger partial charge in [-0.05, 0) is 23.0 Å². The minimum Gasteiger partial charge on any atom is -0.281 e. The molecule has 0 spiro atoms. The smallest absolute Gasteiger partial charge is 0.224 e. The highest BCUT2D eigenvalue weighted by Crippen LogP contribution is 2.31. The standard InChI is InChI=1S/C8H4O2S2/c9-7-5(1-3-11-7)6-2-4-12-8(6)10/h1-4H/b6-5+. The summed E-state index contributed by atoms with van der Waals surface area (Å²) in [5.41, 5.74) is 1.07. The second-order valence-corrected chi connectivity index (χ2v) is 4.00. The molecule has 0 saturated heterocycles. The zero-order valence-electron chi connectivity index (χ0n) is 5.94. The van der Waals surface area contributed by atoms with E-state index in [2.05, 4.69) is 0 Å². The average Bonchev–Trinajstić information content (AvgIpc) is 2.59. The minimum atomic E-state index is -0.0366. The lowest BCUT2D eigenvalue weighted by Crippen LogP contribution is -1.98. The first-order valence-electron chi connectivity index (χ1n) is 3.28. The number of thioether (sulfide) groups is 2.